The number of rotatable bonds is 12. The summed E-state index contributed by atoms with van der Waals surface area (Å²) in [6, 6.07) is 2.51. The highest BCUT2D eigenvalue weighted by Crippen LogP contribution is 2.26. The lowest BCUT2D eigenvalue weighted by molar-refractivity contribution is 0.721. The fraction of sp³-hybridized carbons (Fsp3) is 0.727. The molecule has 0 nitrogen and oxygen atoms in total. The molecule has 0 aliphatic rings. The van der Waals surface area contributed by atoms with Gasteiger partial charge >= 0.3 is 0 Å². The third-order valence-corrected chi connectivity index (χ3v) is 5.45. The van der Waals surface area contributed by atoms with E-state index in [-0.39, 0.29) is 0 Å². The number of aryl methyl sites for hydroxylation is 1. The van der Waals surface area contributed by atoms with E-state index in [1.54, 1.807) is 22.3 Å². The molecule has 1 aromatic rings. The zero-order valence-corrected chi connectivity index (χ0v) is 17.3. The van der Waals surface area contributed by atoms with Gasteiger partial charge in [0, 0.05) is 0 Å². The Morgan fingerprint density at radius 3 is 1.57 bits per heavy atom. The van der Waals surface area contributed by atoms with E-state index in [0.29, 0.717) is 0 Å². The summed E-state index contributed by atoms with van der Waals surface area (Å²) in [5.41, 5.74) is 6.77. The van der Waals surface area contributed by atoms with Crippen LogP contribution in [0.15, 0.2) is 6.07 Å². The summed E-state index contributed by atoms with van der Waals surface area (Å²) in [5.74, 6) is 0. The molecule has 0 bridgehead atoms. The highest BCUT2D eigenvalue weighted by molar-refractivity contribution is 7.27. The Morgan fingerprint density at radius 1 is 0.609 bits per heavy atom. The van der Waals surface area contributed by atoms with Crippen LogP contribution in [-0.4, -0.2) is 0 Å². The quantitative estimate of drug-likeness (QED) is 0.380. The van der Waals surface area contributed by atoms with Crippen molar-refractivity contribution in [3.05, 3.63) is 28.3 Å². The van der Waals surface area contributed by atoms with E-state index in [4.69, 9.17) is 0 Å². The number of hydrogen-bond acceptors (Lipinski definition) is 0. The average molecular weight is 335 g/mol. The summed E-state index contributed by atoms with van der Waals surface area (Å²) in [6.45, 7) is 9.25. The largest absolute Gasteiger partial charge is 0.105 e. The molecule has 132 valence electrons. The molecule has 0 aliphatic carbocycles. The zero-order chi connectivity index (χ0) is 17.1. The highest BCUT2D eigenvalue weighted by atomic mass is 31.0. The number of benzene rings is 1. The maximum atomic E-state index is 3.05. The van der Waals surface area contributed by atoms with E-state index >= 15 is 0 Å². The third-order valence-electron chi connectivity index (χ3n) is 4.94. The van der Waals surface area contributed by atoms with Crippen molar-refractivity contribution in [2.45, 2.75) is 105 Å². The normalized spacial score (nSPS) is 11.2. The van der Waals surface area contributed by atoms with Gasteiger partial charge in [-0.25, -0.2) is 0 Å². The van der Waals surface area contributed by atoms with E-state index in [2.05, 4.69) is 43.0 Å². The van der Waals surface area contributed by atoms with Crippen LogP contribution in [0.5, 0.6) is 0 Å². The summed E-state index contributed by atoms with van der Waals surface area (Å²) < 4.78 is 0. The van der Waals surface area contributed by atoms with E-state index in [1.165, 1.54) is 82.4 Å². The molecule has 0 N–H and O–H groups in total. The smallest absolute Gasteiger partial charge is 0.0265 e. The molecule has 0 aromatic heterocycles. The van der Waals surface area contributed by atoms with Gasteiger partial charge in [0.2, 0.25) is 0 Å². The van der Waals surface area contributed by atoms with E-state index in [1.807, 2.05) is 0 Å². The van der Waals surface area contributed by atoms with Gasteiger partial charge in [-0.05, 0) is 78.9 Å². The molecule has 1 heteroatoms. The van der Waals surface area contributed by atoms with Crippen LogP contribution < -0.4 is 5.30 Å². The second-order valence-electron chi connectivity index (χ2n) is 6.97. The van der Waals surface area contributed by atoms with Crippen molar-refractivity contribution >= 4 is 14.5 Å². The zero-order valence-electron chi connectivity index (χ0n) is 16.1. The van der Waals surface area contributed by atoms with Gasteiger partial charge in [-0.3, -0.25) is 0 Å². The van der Waals surface area contributed by atoms with Crippen LogP contribution in [-0.2, 0) is 25.7 Å². The lowest BCUT2D eigenvalue weighted by Crippen LogP contribution is -2.14. The van der Waals surface area contributed by atoms with Gasteiger partial charge in [0.25, 0.3) is 0 Å². The van der Waals surface area contributed by atoms with Gasteiger partial charge in [-0.2, -0.15) is 0 Å². The first-order chi connectivity index (χ1) is 11.2. The van der Waals surface area contributed by atoms with E-state index in [0.717, 1.165) is 0 Å². The lowest BCUT2D eigenvalue weighted by atomic mass is 9.86. The van der Waals surface area contributed by atoms with Crippen LogP contribution in [0.1, 0.15) is 101 Å². The molecule has 0 aliphatic heterocycles. The van der Waals surface area contributed by atoms with Gasteiger partial charge in [0.05, 0.1) is 0 Å². The second kappa shape index (κ2) is 12.1. The van der Waals surface area contributed by atoms with Crippen LogP contribution in [0, 0.1) is 0 Å². The molecule has 0 spiro atoms. The first kappa shape index (κ1) is 20.7. The average Bonchev–Trinajstić information content (AvgIpc) is 2.56. The summed E-state index contributed by atoms with van der Waals surface area (Å²) in [4.78, 5) is 0. The molecular weight excluding hydrogens is 295 g/mol. The molecule has 0 amide bonds. The maximum absolute atomic E-state index is 3.05. The van der Waals surface area contributed by atoms with Gasteiger partial charge in [0.15, 0.2) is 0 Å². The fourth-order valence-electron chi connectivity index (χ4n) is 3.47. The van der Waals surface area contributed by atoms with Gasteiger partial charge < -0.3 is 0 Å². The monoisotopic (exact) mass is 334 g/mol. The minimum Gasteiger partial charge on any atom is -0.105 e. The predicted molar refractivity (Wildman–Crippen MR) is 110 cm³/mol. The van der Waals surface area contributed by atoms with Crippen molar-refractivity contribution < 1.29 is 0 Å². The van der Waals surface area contributed by atoms with Crippen molar-refractivity contribution in [2.75, 3.05) is 0 Å². The topological polar surface area (TPSA) is 0 Å². The number of unbranched alkanes of at least 4 members (excludes halogenated alkanes) is 4. The molecule has 1 atom stereocenters. The fourth-order valence-corrected chi connectivity index (χ4v) is 3.99. The molecule has 0 radical (unpaired) electrons. The van der Waals surface area contributed by atoms with E-state index in [9.17, 15) is 0 Å². The van der Waals surface area contributed by atoms with Crippen molar-refractivity contribution in [3.63, 3.8) is 0 Å². The lowest BCUT2D eigenvalue weighted by Gasteiger charge is -2.22. The SMILES string of the molecule is CCCCc1cc(P)c(CCCC)c(CCCC)c1CCCC. The Labute approximate surface area is 148 Å². The third kappa shape index (κ3) is 6.58. The predicted octanol–water partition coefficient (Wildman–Crippen LogP) is 6.56. The van der Waals surface area contributed by atoms with Crippen LogP contribution in [0.3, 0.4) is 0 Å². The van der Waals surface area contributed by atoms with Crippen molar-refractivity contribution in [1.82, 2.24) is 0 Å². The van der Waals surface area contributed by atoms with Gasteiger partial charge in [-0.15, -0.1) is 9.24 Å². The summed E-state index contributed by atoms with van der Waals surface area (Å²) >= 11 is 0. The van der Waals surface area contributed by atoms with Crippen molar-refractivity contribution in [1.29, 1.82) is 0 Å². The molecule has 0 saturated carbocycles. The molecule has 0 heterocycles. The Balaban J connectivity index is 3.26. The molecule has 0 fully saturated rings. The van der Waals surface area contributed by atoms with Gasteiger partial charge in [0.1, 0.15) is 0 Å². The molecule has 23 heavy (non-hydrogen) atoms. The Kier molecular flexibility index (Phi) is 10.9. The first-order valence-electron chi connectivity index (χ1n) is 10.1. The summed E-state index contributed by atoms with van der Waals surface area (Å²) in [5, 5.41) is 1.48. The van der Waals surface area contributed by atoms with E-state index < -0.39 is 0 Å². The Morgan fingerprint density at radius 2 is 1.04 bits per heavy atom. The van der Waals surface area contributed by atoms with Crippen LogP contribution in [0.4, 0.5) is 0 Å². The maximum Gasteiger partial charge on any atom is -0.0265 e. The van der Waals surface area contributed by atoms with Crippen molar-refractivity contribution in [2.24, 2.45) is 0 Å². The summed E-state index contributed by atoms with van der Waals surface area (Å²) in [7, 11) is 3.05. The molecule has 0 saturated heterocycles. The van der Waals surface area contributed by atoms with Gasteiger partial charge in [-0.1, -0.05) is 59.4 Å². The van der Waals surface area contributed by atoms with Crippen molar-refractivity contribution in [3.8, 4) is 0 Å². The van der Waals surface area contributed by atoms with Crippen LogP contribution in [0.25, 0.3) is 0 Å². The summed E-state index contributed by atoms with van der Waals surface area (Å²) in [6.07, 6.45) is 15.6. The molecular formula is C22H39P. The Bertz CT molecular complexity index is 448. The highest BCUT2D eigenvalue weighted by Gasteiger charge is 2.15. The second-order valence-corrected chi connectivity index (χ2v) is 7.60. The van der Waals surface area contributed by atoms with Crippen LogP contribution >= 0.6 is 9.24 Å². The number of hydrogen-bond donors (Lipinski definition) is 0. The Hall–Kier alpha value is -0.350. The minimum atomic E-state index is 1.27. The first-order valence-corrected chi connectivity index (χ1v) is 10.7. The molecule has 1 rings (SSSR count). The minimum absolute atomic E-state index is 1.27. The van der Waals surface area contributed by atoms with Crippen LogP contribution in [0.2, 0.25) is 0 Å². The molecule has 1 unspecified atom stereocenters. The molecule has 1 aromatic carbocycles. The standard InChI is InChI=1S/C22H39P/c1-5-9-13-18-17-22(23)21(16-12-8-4)20(15-11-7-3)19(18)14-10-6-2/h17H,5-16,23H2,1-4H3.